The van der Waals surface area contributed by atoms with Crippen LogP contribution in [0.2, 0.25) is 0 Å². The van der Waals surface area contributed by atoms with E-state index in [-0.39, 0.29) is 0 Å². The Morgan fingerprint density at radius 3 is 2.92 bits per heavy atom. The number of nitrogens with zero attached hydrogens (tertiary/aromatic N) is 3. The van der Waals surface area contributed by atoms with Crippen molar-refractivity contribution in [2.75, 3.05) is 26.2 Å². The van der Waals surface area contributed by atoms with Gasteiger partial charge in [0, 0.05) is 25.7 Å². The van der Waals surface area contributed by atoms with Crippen LogP contribution in [0.1, 0.15) is 12.8 Å². The molecule has 0 bridgehead atoms. The number of hydrogen-bond donors (Lipinski definition) is 2. The van der Waals surface area contributed by atoms with Gasteiger partial charge in [0.15, 0.2) is 0 Å². The fourth-order valence-corrected chi connectivity index (χ4v) is 2.28. The second-order valence-corrected chi connectivity index (χ2v) is 3.77. The predicted molar refractivity (Wildman–Crippen MR) is 52.0 cm³/mol. The average molecular weight is 183 g/mol. The van der Waals surface area contributed by atoms with Crippen molar-refractivity contribution in [3.05, 3.63) is 0 Å². The molecule has 0 spiro atoms. The molecule has 5 nitrogen and oxygen atoms in total. The van der Waals surface area contributed by atoms with Gasteiger partial charge in [-0.3, -0.25) is 4.90 Å². The first-order chi connectivity index (χ1) is 6.31. The minimum atomic E-state index is 0.478. The summed E-state index contributed by atoms with van der Waals surface area (Å²) in [5, 5.41) is 3.53. The maximum atomic E-state index is 5.66. The van der Waals surface area contributed by atoms with Crippen LogP contribution in [-0.2, 0) is 0 Å². The maximum Gasteiger partial charge on any atom is 0.213 e. The summed E-state index contributed by atoms with van der Waals surface area (Å²) in [6, 6.07) is 0.675. The smallest absolute Gasteiger partial charge is 0.213 e. The van der Waals surface area contributed by atoms with Crippen molar-refractivity contribution in [1.82, 2.24) is 9.80 Å². The zero-order chi connectivity index (χ0) is 9.26. The lowest BCUT2D eigenvalue weighted by atomic mass is 10.2. The van der Waals surface area contributed by atoms with Crippen molar-refractivity contribution in [1.29, 1.82) is 0 Å². The molecule has 2 fully saturated rings. The van der Waals surface area contributed by atoms with E-state index < -0.39 is 0 Å². The lowest BCUT2D eigenvalue weighted by molar-refractivity contribution is 0.150. The highest BCUT2D eigenvalue weighted by atomic mass is 15.4. The summed E-state index contributed by atoms with van der Waals surface area (Å²) >= 11 is 0. The summed E-state index contributed by atoms with van der Waals surface area (Å²) in [5.41, 5.74) is 5.66. The molecule has 0 radical (unpaired) electrons. The van der Waals surface area contributed by atoms with Crippen LogP contribution < -0.4 is 11.6 Å². The summed E-state index contributed by atoms with van der Waals surface area (Å²) in [6.07, 6.45) is 2.60. The molecule has 2 aliphatic rings. The van der Waals surface area contributed by atoms with E-state index in [1.165, 1.54) is 19.4 Å². The van der Waals surface area contributed by atoms with Crippen molar-refractivity contribution in [3.8, 4) is 0 Å². The molecular formula is C8H17N5. The highest BCUT2D eigenvalue weighted by Gasteiger charge is 2.30. The van der Waals surface area contributed by atoms with Gasteiger partial charge in [-0.15, -0.1) is 5.10 Å². The number of fused-ring (bicyclic) bond motifs is 1. The van der Waals surface area contributed by atoms with Crippen LogP contribution in [0.25, 0.3) is 0 Å². The van der Waals surface area contributed by atoms with Crippen LogP contribution in [0.4, 0.5) is 0 Å². The second kappa shape index (κ2) is 3.41. The molecule has 5 heteroatoms. The largest absolute Gasteiger partial charge is 0.368 e. The lowest BCUT2D eigenvalue weighted by Gasteiger charge is -2.37. The zero-order valence-electron chi connectivity index (χ0n) is 7.82. The first kappa shape index (κ1) is 8.62. The van der Waals surface area contributed by atoms with Gasteiger partial charge in [-0.2, -0.15) is 0 Å². The van der Waals surface area contributed by atoms with Crippen molar-refractivity contribution in [2.24, 2.45) is 16.7 Å². The monoisotopic (exact) mass is 183 g/mol. The molecule has 13 heavy (non-hydrogen) atoms. The average Bonchev–Trinajstić information content (AvgIpc) is 2.63. The van der Waals surface area contributed by atoms with Crippen molar-refractivity contribution in [2.45, 2.75) is 18.9 Å². The molecule has 2 aliphatic heterocycles. The fourth-order valence-electron chi connectivity index (χ4n) is 2.28. The Morgan fingerprint density at radius 1 is 1.31 bits per heavy atom. The Hall–Kier alpha value is -0.970. The van der Waals surface area contributed by atoms with E-state index >= 15 is 0 Å². The Labute approximate surface area is 78.3 Å². The first-order valence-corrected chi connectivity index (χ1v) is 4.83. The third-order valence-corrected chi connectivity index (χ3v) is 3.04. The van der Waals surface area contributed by atoms with Gasteiger partial charge in [-0.1, -0.05) is 0 Å². The fraction of sp³-hybridized carbons (Fsp3) is 0.875. The Bertz CT molecular complexity index is 215. The molecule has 0 aromatic rings. The highest BCUT2D eigenvalue weighted by molar-refractivity contribution is 5.77. The second-order valence-electron chi connectivity index (χ2n) is 3.77. The number of piperazine rings is 1. The van der Waals surface area contributed by atoms with E-state index in [0.717, 1.165) is 19.6 Å². The normalized spacial score (nSPS) is 30.6. The minimum Gasteiger partial charge on any atom is -0.368 e. The van der Waals surface area contributed by atoms with E-state index in [1.807, 2.05) is 0 Å². The lowest BCUT2D eigenvalue weighted by Crippen LogP contribution is -2.54. The number of guanidine groups is 1. The van der Waals surface area contributed by atoms with Crippen LogP contribution >= 0.6 is 0 Å². The summed E-state index contributed by atoms with van der Waals surface area (Å²) < 4.78 is 0. The maximum absolute atomic E-state index is 5.66. The zero-order valence-corrected chi connectivity index (χ0v) is 7.82. The van der Waals surface area contributed by atoms with Gasteiger partial charge < -0.3 is 16.5 Å². The van der Waals surface area contributed by atoms with Gasteiger partial charge in [-0.25, -0.2) is 0 Å². The summed E-state index contributed by atoms with van der Waals surface area (Å²) in [4.78, 5) is 4.60. The number of hydrazone groups is 1. The van der Waals surface area contributed by atoms with Crippen LogP contribution in [0.15, 0.2) is 5.10 Å². The summed E-state index contributed by atoms with van der Waals surface area (Å²) in [5.74, 6) is 5.63. The Morgan fingerprint density at radius 2 is 2.15 bits per heavy atom. The van der Waals surface area contributed by atoms with E-state index in [2.05, 4.69) is 14.9 Å². The molecule has 2 heterocycles. The SMILES string of the molecule is N/N=C(\N)N1CCN2CCCC2C1. The number of rotatable bonds is 0. The molecule has 2 rings (SSSR count). The molecule has 0 aromatic heterocycles. The van der Waals surface area contributed by atoms with Gasteiger partial charge >= 0.3 is 0 Å². The van der Waals surface area contributed by atoms with Crippen LogP contribution in [0.5, 0.6) is 0 Å². The minimum absolute atomic E-state index is 0.478. The number of hydrogen-bond acceptors (Lipinski definition) is 3. The van der Waals surface area contributed by atoms with Gasteiger partial charge in [0.05, 0.1) is 0 Å². The van der Waals surface area contributed by atoms with Gasteiger partial charge in [0.2, 0.25) is 5.96 Å². The predicted octanol–water partition coefficient (Wildman–Crippen LogP) is -1.05. The molecule has 4 N–H and O–H groups in total. The third kappa shape index (κ3) is 1.56. The van der Waals surface area contributed by atoms with Crippen molar-refractivity contribution >= 4 is 5.96 Å². The van der Waals surface area contributed by atoms with Crippen molar-refractivity contribution < 1.29 is 0 Å². The summed E-state index contributed by atoms with van der Waals surface area (Å²) in [7, 11) is 0. The van der Waals surface area contributed by atoms with E-state index in [9.17, 15) is 0 Å². The topological polar surface area (TPSA) is 70.9 Å². The quantitative estimate of drug-likeness (QED) is 0.218. The molecule has 74 valence electrons. The van der Waals surface area contributed by atoms with Crippen LogP contribution in [0.3, 0.4) is 0 Å². The Kier molecular flexibility index (Phi) is 2.26. The summed E-state index contributed by atoms with van der Waals surface area (Å²) in [6.45, 7) is 4.30. The van der Waals surface area contributed by atoms with Crippen LogP contribution in [0, 0.1) is 0 Å². The van der Waals surface area contributed by atoms with E-state index in [0.29, 0.717) is 12.0 Å². The van der Waals surface area contributed by atoms with E-state index in [4.69, 9.17) is 11.6 Å². The molecule has 2 saturated heterocycles. The Balaban J connectivity index is 1.97. The van der Waals surface area contributed by atoms with E-state index in [1.54, 1.807) is 0 Å². The molecule has 0 amide bonds. The number of nitrogens with two attached hydrogens (primary N) is 2. The molecule has 0 aromatic carbocycles. The van der Waals surface area contributed by atoms with Gasteiger partial charge in [0.25, 0.3) is 0 Å². The highest BCUT2D eigenvalue weighted by Crippen LogP contribution is 2.20. The molecule has 1 unspecified atom stereocenters. The molecular weight excluding hydrogens is 166 g/mol. The van der Waals surface area contributed by atoms with Crippen LogP contribution in [-0.4, -0.2) is 48.0 Å². The molecule has 1 atom stereocenters. The van der Waals surface area contributed by atoms with Gasteiger partial charge in [-0.05, 0) is 19.4 Å². The molecule has 0 saturated carbocycles. The third-order valence-electron chi connectivity index (χ3n) is 3.04. The first-order valence-electron chi connectivity index (χ1n) is 4.83. The van der Waals surface area contributed by atoms with Crippen molar-refractivity contribution in [3.63, 3.8) is 0 Å². The standard InChI is InChI=1S/C8H17N5/c9-8(11-10)13-5-4-12-3-1-2-7(12)6-13/h7H,1-6,10H2,(H2,9,11). The molecule has 0 aliphatic carbocycles. The van der Waals surface area contributed by atoms with Gasteiger partial charge in [0.1, 0.15) is 0 Å².